The van der Waals surface area contributed by atoms with Crippen LogP contribution in [-0.2, 0) is 0 Å². The number of nitrogens with two attached hydrogens (primary N) is 1. The lowest BCUT2D eigenvalue weighted by Gasteiger charge is -2.19. The molecule has 0 saturated heterocycles. The Labute approximate surface area is 110 Å². The third kappa shape index (κ3) is 3.22. The van der Waals surface area contributed by atoms with Gasteiger partial charge in [-0.15, -0.1) is 12.4 Å². The molecule has 0 unspecified atom stereocenters. The first-order valence-corrected chi connectivity index (χ1v) is 5.31. The summed E-state index contributed by atoms with van der Waals surface area (Å²) in [5.74, 6) is -0.663. The summed E-state index contributed by atoms with van der Waals surface area (Å²) < 4.78 is 13.6. The van der Waals surface area contributed by atoms with E-state index in [4.69, 9.17) is 28.9 Å². The van der Waals surface area contributed by atoms with Crippen molar-refractivity contribution in [2.45, 2.75) is 25.5 Å². The number of rotatable bonds is 3. The van der Waals surface area contributed by atoms with Gasteiger partial charge < -0.3 is 10.8 Å². The van der Waals surface area contributed by atoms with Crippen molar-refractivity contribution in [1.29, 1.82) is 0 Å². The second-order valence-corrected chi connectivity index (χ2v) is 4.07. The fraction of sp³-hybridized carbons (Fsp3) is 0.400. The SMILES string of the molecule is CC[C@@H](O)[C@@H](N)c1c(Cl)ccc(Cl)c1F.Cl. The molecular weight excluding hydrogens is 275 g/mol. The Morgan fingerprint density at radius 1 is 1.38 bits per heavy atom. The minimum Gasteiger partial charge on any atom is -0.391 e. The molecule has 1 aromatic carbocycles. The molecule has 0 amide bonds. The van der Waals surface area contributed by atoms with Crippen molar-refractivity contribution in [3.63, 3.8) is 0 Å². The Balaban J connectivity index is 0.00000225. The Kier molecular flexibility index (Phi) is 6.60. The molecule has 0 saturated carbocycles. The van der Waals surface area contributed by atoms with Crippen LogP contribution in [0.15, 0.2) is 12.1 Å². The zero-order chi connectivity index (χ0) is 11.6. The summed E-state index contributed by atoms with van der Waals surface area (Å²) in [5, 5.41) is 9.66. The molecule has 0 radical (unpaired) electrons. The molecule has 0 aliphatic carbocycles. The molecule has 16 heavy (non-hydrogen) atoms. The molecule has 1 rings (SSSR count). The molecular formula is C10H13Cl3FNO. The van der Waals surface area contributed by atoms with E-state index in [-0.39, 0.29) is 28.0 Å². The van der Waals surface area contributed by atoms with Crippen molar-refractivity contribution in [2.24, 2.45) is 5.73 Å². The predicted octanol–water partition coefficient (Wildman–Crippen LogP) is 3.33. The van der Waals surface area contributed by atoms with E-state index in [9.17, 15) is 9.50 Å². The van der Waals surface area contributed by atoms with Crippen molar-refractivity contribution in [3.05, 3.63) is 33.6 Å². The largest absolute Gasteiger partial charge is 0.391 e. The Morgan fingerprint density at radius 2 is 1.88 bits per heavy atom. The number of aliphatic hydroxyl groups is 1. The van der Waals surface area contributed by atoms with Crippen LogP contribution >= 0.6 is 35.6 Å². The number of hydrogen-bond donors (Lipinski definition) is 2. The molecule has 0 aliphatic rings. The fourth-order valence-electron chi connectivity index (χ4n) is 1.29. The Hall–Kier alpha value is -0.0600. The normalized spacial score (nSPS) is 14.1. The smallest absolute Gasteiger partial charge is 0.148 e. The van der Waals surface area contributed by atoms with Gasteiger partial charge in [-0.2, -0.15) is 0 Å². The van der Waals surface area contributed by atoms with Crippen LogP contribution in [0.5, 0.6) is 0 Å². The second-order valence-electron chi connectivity index (χ2n) is 3.26. The maximum atomic E-state index is 13.6. The van der Waals surface area contributed by atoms with Gasteiger partial charge in [0.15, 0.2) is 0 Å². The van der Waals surface area contributed by atoms with Gasteiger partial charge in [-0.3, -0.25) is 0 Å². The van der Waals surface area contributed by atoms with Crippen molar-refractivity contribution in [3.8, 4) is 0 Å². The molecule has 0 aliphatic heterocycles. The average molecular weight is 289 g/mol. The summed E-state index contributed by atoms with van der Waals surface area (Å²) in [4.78, 5) is 0. The lowest BCUT2D eigenvalue weighted by Crippen LogP contribution is -2.26. The molecule has 1 aromatic rings. The highest BCUT2D eigenvalue weighted by atomic mass is 35.5. The summed E-state index contributed by atoms with van der Waals surface area (Å²) >= 11 is 11.4. The van der Waals surface area contributed by atoms with Gasteiger partial charge in [0.1, 0.15) is 5.82 Å². The molecule has 0 fully saturated rings. The zero-order valence-electron chi connectivity index (χ0n) is 8.58. The molecule has 2 atom stereocenters. The third-order valence-corrected chi connectivity index (χ3v) is 2.87. The lowest BCUT2D eigenvalue weighted by molar-refractivity contribution is 0.139. The van der Waals surface area contributed by atoms with Crippen LogP contribution < -0.4 is 5.73 Å². The maximum Gasteiger partial charge on any atom is 0.148 e. The highest BCUT2D eigenvalue weighted by Crippen LogP contribution is 2.31. The Bertz CT molecular complexity index is 362. The number of hydrogen-bond acceptors (Lipinski definition) is 2. The van der Waals surface area contributed by atoms with Gasteiger partial charge in [0.2, 0.25) is 0 Å². The monoisotopic (exact) mass is 287 g/mol. The summed E-state index contributed by atoms with van der Waals surface area (Å²) in [6, 6.07) is 1.96. The fourth-order valence-corrected chi connectivity index (χ4v) is 1.73. The van der Waals surface area contributed by atoms with Crippen LogP contribution in [-0.4, -0.2) is 11.2 Å². The molecule has 0 heterocycles. The van der Waals surface area contributed by atoms with E-state index in [1.165, 1.54) is 12.1 Å². The molecule has 0 spiro atoms. The second kappa shape index (κ2) is 6.62. The van der Waals surface area contributed by atoms with Gasteiger partial charge in [-0.05, 0) is 18.6 Å². The van der Waals surface area contributed by atoms with Gasteiger partial charge in [0, 0.05) is 10.6 Å². The molecule has 3 N–H and O–H groups in total. The predicted molar refractivity (Wildman–Crippen MR) is 66.9 cm³/mol. The van der Waals surface area contributed by atoms with Gasteiger partial charge >= 0.3 is 0 Å². The van der Waals surface area contributed by atoms with E-state index in [1.807, 2.05) is 0 Å². The number of benzene rings is 1. The highest BCUT2D eigenvalue weighted by Gasteiger charge is 2.22. The van der Waals surface area contributed by atoms with E-state index in [0.29, 0.717) is 6.42 Å². The first kappa shape index (κ1) is 15.9. The Morgan fingerprint density at radius 3 is 2.38 bits per heavy atom. The summed E-state index contributed by atoms with van der Waals surface area (Å²) in [7, 11) is 0. The maximum absolute atomic E-state index is 13.6. The standard InChI is InChI=1S/C10H12Cl2FNO.ClH/c1-2-7(15)10(14)8-5(11)3-4-6(12)9(8)13;/h3-4,7,10,15H,2,14H2,1H3;1H/t7-,10-;/m1./s1. The van der Waals surface area contributed by atoms with E-state index < -0.39 is 18.0 Å². The van der Waals surface area contributed by atoms with Crippen LogP contribution in [0.3, 0.4) is 0 Å². The lowest BCUT2D eigenvalue weighted by atomic mass is 10.00. The zero-order valence-corrected chi connectivity index (χ0v) is 10.9. The van der Waals surface area contributed by atoms with Crippen molar-refractivity contribution >= 4 is 35.6 Å². The quantitative estimate of drug-likeness (QED) is 0.838. The molecule has 0 bridgehead atoms. The minimum absolute atomic E-state index is 0. The highest BCUT2D eigenvalue weighted by molar-refractivity contribution is 6.33. The number of aliphatic hydroxyl groups excluding tert-OH is 1. The van der Waals surface area contributed by atoms with Gasteiger partial charge in [0.05, 0.1) is 17.2 Å². The summed E-state index contributed by atoms with van der Waals surface area (Å²) in [5.41, 5.74) is 5.75. The van der Waals surface area contributed by atoms with Crippen LogP contribution in [0.4, 0.5) is 4.39 Å². The van der Waals surface area contributed by atoms with Crippen LogP contribution in [0.2, 0.25) is 10.0 Å². The van der Waals surface area contributed by atoms with E-state index in [2.05, 4.69) is 0 Å². The van der Waals surface area contributed by atoms with Crippen LogP contribution in [0.25, 0.3) is 0 Å². The van der Waals surface area contributed by atoms with Crippen molar-refractivity contribution in [2.75, 3.05) is 0 Å². The number of halogens is 4. The topological polar surface area (TPSA) is 46.2 Å². The molecule has 92 valence electrons. The molecule has 2 nitrogen and oxygen atoms in total. The van der Waals surface area contributed by atoms with Gasteiger partial charge in [-0.25, -0.2) is 4.39 Å². The van der Waals surface area contributed by atoms with E-state index in [1.54, 1.807) is 6.92 Å². The van der Waals surface area contributed by atoms with Gasteiger partial charge in [0.25, 0.3) is 0 Å². The molecule has 6 heteroatoms. The summed E-state index contributed by atoms with van der Waals surface area (Å²) in [6.45, 7) is 1.75. The van der Waals surface area contributed by atoms with Crippen molar-refractivity contribution in [1.82, 2.24) is 0 Å². The summed E-state index contributed by atoms with van der Waals surface area (Å²) in [6.07, 6.45) is -0.417. The minimum atomic E-state index is -0.860. The first-order valence-electron chi connectivity index (χ1n) is 4.56. The van der Waals surface area contributed by atoms with E-state index >= 15 is 0 Å². The first-order chi connectivity index (χ1) is 6.99. The van der Waals surface area contributed by atoms with Crippen LogP contribution in [0.1, 0.15) is 24.9 Å². The average Bonchev–Trinajstić information content (AvgIpc) is 2.22. The van der Waals surface area contributed by atoms with Crippen LogP contribution in [0, 0.1) is 5.82 Å². The van der Waals surface area contributed by atoms with E-state index in [0.717, 1.165) is 0 Å². The molecule has 0 aromatic heterocycles. The van der Waals surface area contributed by atoms with Gasteiger partial charge in [-0.1, -0.05) is 30.1 Å². The van der Waals surface area contributed by atoms with Crippen molar-refractivity contribution < 1.29 is 9.50 Å². The third-order valence-electron chi connectivity index (χ3n) is 2.25.